The third-order valence-electron chi connectivity index (χ3n) is 5.63. The smallest absolute Gasteiger partial charge is 0.252 e. The van der Waals surface area contributed by atoms with E-state index in [0.29, 0.717) is 24.3 Å². The van der Waals surface area contributed by atoms with E-state index in [1.165, 1.54) is 16.4 Å². The molecule has 0 amide bonds. The van der Waals surface area contributed by atoms with Crippen molar-refractivity contribution in [2.45, 2.75) is 31.4 Å². The van der Waals surface area contributed by atoms with Crippen molar-refractivity contribution in [1.82, 2.24) is 9.29 Å². The Morgan fingerprint density at radius 2 is 1.81 bits per heavy atom. The Morgan fingerprint density at radius 1 is 1.09 bits per heavy atom. The molecule has 1 saturated heterocycles. The third-order valence-corrected chi connectivity index (χ3v) is 7.45. The number of rotatable bonds is 6. The highest BCUT2D eigenvalue weighted by molar-refractivity contribution is 7.89. The number of pyridine rings is 1. The summed E-state index contributed by atoms with van der Waals surface area (Å²) < 4.78 is 52.4. The number of benzene rings is 2. The summed E-state index contributed by atoms with van der Waals surface area (Å²) in [4.78, 5) is 15.6. The summed E-state index contributed by atoms with van der Waals surface area (Å²) in [6, 6.07) is 10.2. The molecule has 1 aliphatic heterocycles. The van der Waals surface area contributed by atoms with Gasteiger partial charge in [0, 0.05) is 24.2 Å². The second-order valence-electron chi connectivity index (χ2n) is 7.97. The lowest BCUT2D eigenvalue weighted by Crippen LogP contribution is -2.43. The second-order valence-corrected chi connectivity index (χ2v) is 9.90. The van der Waals surface area contributed by atoms with Crippen LogP contribution in [0.2, 0.25) is 0 Å². The molecule has 0 saturated carbocycles. The number of nitrogens with zero attached hydrogens (tertiary/aromatic N) is 1. The van der Waals surface area contributed by atoms with Crippen LogP contribution in [0.15, 0.2) is 52.2 Å². The third kappa shape index (κ3) is 4.75. The molecule has 1 N–H and O–H groups in total. The SMILES string of the molecule is Cc1cc2cc(CN(C[C@@H]3COCCO3)S(=O)(=O)c3ccc(F)cc3)c(=O)[nH]c2cc1C. The summed E-state index contributed by atoms with van der Waals surface area (Å²) in [7, 11) is -4.02. The average Bonchev–Trinajstić information content (AvgIpc) is 2.76. The van der Waals surface area contributed by atoms with E-state index >= 15 is 0 Å². The van der Waals surface area contributed by atoms with Crippen LogP contribution in [-0.2, 0) is 26.0 Å². The second kappa shape index (κ2) is 9.11. The number of hydrogen-bond donors (Lipinski definition) is 1. The van der Waals surface area contributed by atoms with Crippen molar-refractivity contribution in [3.63, 3.8) is 0 Å². The van der Waals surface area contributed by atoms with Crippen molar-refractivity contribution in [2.75, 3.05) is 26.4 Å². The summed E-state index contributed by atoms with van der Waals surface area (Å²) in [6.45, 7) is 4.86. The largest absolute Gasteiger partial charge is 0.376 e. The van der Waals surface area contributed by atoms with Gasteiger partial charge in [0.25, 0.3) is 5.56 Å². The molecule has 32 heavy (non-hydrogen) atoms. The average molecular weight is 461 g/mol. The number of hydrogen-bond acceptors (Lipinski definition) is 5. The molecule has 3 aromatic rings. The van der Waals surface area contributed by atoms with Crippen LogP contribution in [-0.4, -0.2) is 50.2 Å². The van der Waals surface area contributed by atoms with Crippen LogP contribution in [0.3, 0.4) is 0 Å². The maximum Gasteiger partial charge on any atom is 0.252 e. The van der Waals surface area contributed by atoms with Crippen molar-refractivity contribution >= 4 is 20.9 Å². The molecular formula is C23H25FN2O5S. The van der Waals surface area contributed by atoms with Gasteiger partial charge in [-0.15, -0.1) is 0 Å². The summed E-state index contributed by atoms with van der Waals surface area (Å²) in [6.07, 6.45) is -0.469. The molecule has 1 aliphatic rings. The van der Waals surface area contributed by atoms with Crippen molar-refractivity contribution < 1.29 is 22.3 Å². The van der Waals surface area contributed by atoms with Crippen LogP contribution < -0.4 is 5.56 Å². The minimum atomic E-state index is -4.02. The quantitative estimate of drug-likeness (QED) is 0.611. The number of fused-ring (bicyclic) bond motifs is 1. The summed E-state index contributed by atoms with van der Waals surface area (Å²) in [5.74, 6) is -0.531. The van der Waals surface area contributed by atoms with E-state index in [0.717, 1.165) is 28.6 Å². The van der Waals surface area contributed by atoms with E-state index in [2.05, 4.69) is 4.98 Å². The number of sulfonamides is 1. The van der Waals surface area contributed by atoms with Crippen LogP contribution in [0.5, 0.6) is 0 Å². The molecule has 1 fully saturated rings. The maximum absolute atomic E-state index is 13.4. The molecule has 1 aromatic heterocycles. The minimum Gasteiger partial charge on any atom is -0.376 e. The monoisotopic (exact) mass is 460 g/mol. The first-order valence-electron chi connectivity index (χ1n) is 10.3. The van der Waals surface area contributed by atoms with Crippen LogP contribution in [0, 0.1) is 19.7 Å². The molecule has 170 valence electrons. The number of halogens is 1. The van der Waals surface area contributed by atoms with Gasteiger partial charge in [0.05, 0.1) is 30.8 Å². The van der Waals surface area contributed by atoms with Gasteiger partial charge in [-0.2, -0.15) is 4.31 Å². The summed E-state index contributed by atoms with van der Waals surface area (Å²) in [5, 5.41) is 0.819. The molecule has 0 spiro atoms. The summed E-state index contributed by atoms with van der Waals surface area (Å²) in [5.41, 5.74) is 2.76. The van der Waals surface area contributed by atoms with Gasteiger partial charge >= 0.3 is 0 Å². The Labute approximate surface area is 185 Å². The molecule has 0 radical (unpaired) electrons. The fourth-order valence-electron chi connectivity index (χ4n) is 3.70. The fourth-order valence-corrected chi connectivity index (χ4v) is 5.15. The molecule has 9 heteroatoms. The van der Waals surface area contributed by atoms with Gasteiger partial charge in [-0.3, -0.25) is 4.79 Å². The zero-order valence-electron chi connectivity index (χ0n) is 17.9. The van der Waals surface area contributed by atoms with Gasteiger partial charge in [-0.05, 0) is 72.8 Å². The molecule has 0 bridgehead atoms. The van der Waals surface area contributed by atoms with E-state index in [9.17, 15) is 17.6 Å². The van der Waals surface area contributed by atoms with Crippen LogP contribution in [0.25, 0.3) is 10.9 Å². The highest BCUT2D eigenvalue weighted by atomic mass is 32.2. The van der Waals surface area contributed by atoms with Gasteiger partial charge in [-0.1, -0.05) is 0 Å². The van der Waals surface area contributed by atoms with Gasteiger partial charge in [-0.25, -0.2) is 12.8 Å². The molecular weight excluding hydrogens is 435 g/mol. The zero-order chi connectivity index (χ0) is 22.9. The van der Waals surface area contributed by atoms with Gasteiger partial charge in [0.2, 0.25) is 10.0 Å². The molecule has 4 rings (SSSR count). The molecule has 0 unspecified atom stereocenters. The van der Waals surface area contributed by atoms with E-state index in [1.54, 1.807) is 6.07 Å². The van der Waals surface area contributed by atoms with E-state index in [-0.39, 0.29) is 30.2 Å². The highest BCUT2D eigenvalue weighted by Crippen LogP contribution is 2.22. The molecule has 1 atom stereocenters. The Morgan fingerprint density at radius 3 is 2.50 bits per heavy atom. The zero-order valence-corrected chi connectivity index (χ0v) is 18.7. The lowest BCUT2D eigenvalue weighted by molar-refractivity contribution is -0.0923. The highest BCUT2D eigenvalue weighted by Gasteiger charge is 2.30. The van der Waals surface area contributed by atoms with Crippen LogP contribution in [0.4, 0.5) is 4.39 Å². The number of aromatic amines is 1. The number of nitrogens with one attached hydrogen (secondary N) is 1. The molecule has 7 nitrogen and oxygen atoms in total. The number of aromatic nitrogens is 1. The van der Waals surface area contributed by atoms with Gasteiger partial charge < -0.3 is 14.5 Å². The topological polar surface area (TPSA) is 88.7 Å². The number of H-pyrrole nitrogens is 1. The lowest BCUT2D eigenvalue weighted by Gasteiger charge is -2.29. The maximum atomic E-state index is 13.4. The fraction of sp³-hybridized carbons (Fsp3) is 0.348. The summed E-state index contributed by atoms with van der Waals surface area (Å²) >= 11 is 0. The Kier molecular flexibility index (Phi) is 6.43. The first kappa shape index (κ1) is 22.6. The van der Waals surface area contributed by atoms with Crippen molar-refractivity contribution in [3.8, 4) is 0 Å². The Balaban J connectivity index is 1.73. The van der Waals surface area contributed by atoms with Crippen LogP contribution >= 0.6 is 0 Å². The minimum absolute atomic E-state index is 0.00408. The Bertz CT molecular complexity index is 1280. The Hall–Kier alpha value is -2.59. The number of ether oxygens (including phenoxy) is 2. The first-order chi connectivity index (χ1) is 15.2. The molecule has 2 heterocycles. The van der Waals surface area contributed by atoms with Gasteiger partial charge in [0.15, 0.2) is 0 Å². The lowest BCUT2D eigenvalue weighted by atomic mass is 10.0. The van der Waals surface area contributed by atoms with E-state index in [4.69, 9.17) is 9.47 Å². The number of aryl methyl sites for hydroxylation is 2. The van der Waals surface area contributed by atoms with Crippen LogP contribution in [0.1, 0.15) is 16.7 Å². The predicted molar refractivity (Wildman–Crippen MR) is 119 cm³/mol. The van der Waals surface area contributed by atoms with E-state index in [1.807, 2.05) is 26.0 Å². The van der Waals surface area contributed by atoms with Crippen molar-refractivity contribution in [1.29, 1.82) is 0 Å². The normalized spacial score (nSPS) is 17.2. The molecule has 0 aliphatic carbocycles. The van der Waals surface area contributed by atoms with Crippen molar-refractivity contribution in [3.05, 3.63) is 75.3 Å². The predicted octanol–water partition coefficient (Wildman–Crippen LogP) is 2.89. The standard InChI is InChI=1S/C23H25FN2O5S/c1-15-9-17-11-18(23(27)25-22(17)10-16(15)2)12-26(13-20-14-30-7-8-31-20)32(28,29)21-5-3-19(24)4-6-21/h3-6,9-11,20H,7-8,12-14H2,1-2H3,(H,25,27)/t20-/m1/s1. The molecule has 2 aromatic carbocycles. The first-order valence-corrected chi connectivity index (χ1v) is 11.8. The van der Waals surface area contributed by atoms with Gasteiger partial charge in [0.1, 0.15) is 5.82 Å². The van der Waals surface area contributed by atoms with Crippen molar-refractivity contribution in [2.24, 2.45) is 0 Å². The van der Waals surface area contributed by atoms with E-state index < -0.39 is 21.9 Å².